The van der Waals surface area contributed by atoms with Gasteiger partial charge in [0.25, 0.3) is 0 Å². The Morgan fingerprint density at radius 2 is 1.68 bits per heavy atom. The van der Waals surface area contributed by atoms with Crippen LogP contribution < -0.4 is 5.43 Å². The van der Waals surface area contributed by atoms with E-state index in [9.17, 15) is 13.2 Å². The van der Waals surface area contributed by atoms with Gasteiger partial charge in [0, 0.05) is 43.3 Å². The van der Waals surface area contributed by atoms with Gasteiger partial charge in [0.1, 0.15) is 6.61 Å². The van der Waals surface area contributed by atoms with Gasteiger partial charge in [0.2, 0.25) is 10.0 Å². The van der Waals surface area contributed by atoms with E-state index in [1.165, 1.54) is 35.7 Å². The van der Waals surface area contributed by atoms with Crippen LogP contribution in [0.4, 0.5) is 4.79 Å². The summed E-state index contributed by atoms with van der Waals surface area (Å²) in [6.07, 6.45) is 7.58. The van der Waals surface area contributed by atoms with Crippen LogP contribution in [-0.2, 0) is 14.8 Å². The highest BCUT2D eigenvalue weighted by atomic mass is 35.5. The van der Waals surface area contributed by atoms with Crippen LogP contribution in [0.2, 0.25) is 5.02 Å². The molecule has 10 heteroatoms. The van der Waals surface area contributed by atoms with Crippen LogP contribution in [0.3, 0.4) is 0 Å². The number of hydrazine groups is 1. The predicted octanol–water partition coefficient (Wildman–Crippen LogP) is 3.86. The average molecular weight is 513 g/mol. The van der Waals surface area contributed by atoms with E-state index in [1.54, 1.807) is 17.0 Å². The second-order valence-corrected chi connectivity index (χ2v) is 12.0. The number of amides is 1. The molecule has 34 heavy (non-hydrogen) atoms. The topological polar surface area (TPSA) is 82.2 Å². The number of nitrogens with one attached hydrogen (secondary N) is 1. The molecule has 3 aliphatic rings. The molecule has 1 aromatic carbocycles. The number of halogens is 1. The minimum absolute atomic E-state index is 0.0714. The SMILES string of the molecule is C[C@@H]1CCC[C@H](COC(=O)N2CCC(NN3CCCCC3)CC2)N1S(=O)(=O)c1ccc(Cl)cc1. The zero-order chi connectivity index (χ0) is 24.1. The van der Waals surface area contributed by atoms with Crippen LogP contribution in [0.1, 0.15) is 58.3 Å². The maximum atomic E-state index is 13.4. The Kier molecular flexibility index (Phi) is 8.74. The number of hydrogen-bond acceptors (Lipinski definition) is 6. The molecule has 0 unspecified atom stereocenters. The maximum Gasteiger partial charge on any atom is 0.409 e. The Morgan fingerprint density at radius 3 is 2.35 bits per heavy atom. The third-order valence-corrected chi connectivity index (χ3v) is 9.55. The van der Waals surface area contributed by atoms with Crippen molar-refractivity contribution < 1.29 is 17.9 Å². The van der Waals surface area contributed by atoms with Gasteiger partial charge in [-0.2, -0.15) is 4.31 Å². The summed E-state index contributed by atoms with van der Waals surface area (Å²) in [6.45, 7) is 5.48. The van der Waals surface area contributed by atoms with Crippen molar-refractivity contribution in [3.8, 4) is 0 Å². The second kappa shape index (κ2) is 11.6. The lowest BCUT2D eigenvalue weighted by Gasteiger charge is -2.40. The van der Waals surface area contributed by atoms with Gasteiger partial charge < -0.3 is 9.64 Å². The molecule has 3 fully saturated rings. The minimum atomic E-state index is -3.71. The average Bonchev–Trinajstić information content (AvgIpc) is 2.84. The molecule has 1 aromatic rings. The molecule has 1 N–H and O–H groups in total. The van der Waals surface area contributed by atoms with Gasteiger partial charge in [-0.3, -0.25) is 5.43 Å². The molecular weight excluding hydrogens is 476 g/mol. The predicted molar refractivity (Wildman–Crippen MR) is 132 cm³/mol. The van der Waals surface area contributed by atoms with E-state index < -0.39 is 10.0 Å². The number of carbonyl (C=O) groups is 1. The molecule has 0 radical (unpaired) electrons. The Labute approximate surface area is 208 Å². The smallest absolute Gasteiger partial charge is 0.409 e. The molecule has 8 nitrogen and oxygen atoms in total. The van der Waals surface area contributed by atoms with Crippen LogP contribution in [0, 0.1) is 0 Å². The van der Waals surface area contributed by atoms with Gasteiger partial charge in [-0.05, 0) is 69.7 Å². The molecule has 3 heterocycles. The lowest BCUT2D eigenvalue weighted by atomic mass is 10.0. The Balaban J connectivity index is 1.31. The largest absolute Gasteiger partial charge is 0.448 e. The zero-order valence-corrected chi connectivity index (χ0v) is 21.6. The number of piperidine rings is 3. The van der Waals surface area contributed by atoms with Crippen LogP contribution in [0.15, 0.2) is 29.2 Å². The minimum Gasteiger partial charge on any atom is -0.448 e. The lowest BCUT2D eigenvalue weighted by Crippen LogP contribution is -2.53. The van der Waals surface area contributed by atoms with E-state index in [1.807, 2.05) is 6.92 Å². The summed E-state index contributed by atoms with van der Waals surface area (Å²) >= 11 is 5.94. The maximum absolute atomic E-state index is 13.4. The Morgan fingerprint density at radius 1 is 1.00 bits per heavy atom. The third-order valence-electron chi connectivity index (χ3n) is 7.22. The molecule has 4 rings (SSSR count). The third kappa shape index (κ3) is 6.23. The van der Waals surface area contributed by atoms with Crippen LogP contribution in [0.5, 0.6) is 0 Å². The molecule has 0 spiro atoms. The lowest BCUT2D eigenvalue weighted by molar-refractivity contribution is 0.0505. The molecule has 0 aromatic heterocycles. The summed E-state index contributed by atoms with van der Waals surface area (Å²) in [7, 11) is -3.71. The first-order valence-electron chi connectivity index (χ1n) is 12.6. The number of rotatable bonds is 6. The van der Waals surface area contributed by atoms with Crippen molar-refractivity contribution in [3.63, 3.8) is 0 Å². The summed E-state index contributed by atoms with van der Waals surface area (Å²) in [5.74, 6) is 0. The number of hydrogen-bond donors (Lipinski definition) is 1. The van der Waals surface area contributed by atoms with Gasteiger partial charge in [0.15, 0.2) is 0 Å². The van der Waals surface area contributed by atoms with Crippen LogP contribution in [0.25, 0.3) is 0 Å². The van der Waals surface area contributed by atoms with Crippen molar-refractivity contribution >= 4 is 27.7 Å². The van der Waals surface area contributed by atoms with Crippen molar-refractivity contribution in [3.05, 3.63) is 29.3 Å². The van der Waals surface area contributed by atoms with Crippen molar-refractivity contribution in [2.45, 2.75) is 81.3 Å². The van der Waals surface area contributed by atoms with Crippen molar-refractivity contribution in [2.75, 3.05) is 32.8 Å². The summed E-state index contributed by atoms with van der Waals surface area (Å²) in [5, 5.41) is 2.81. The first kappa shape index (κ1) is 25.7. The molecule has 3 aliphatic heterocycles. The molecule has 190 valence electrons. The summed E-state index contributed by atoms with van der Waals surface area (Å²) in [6, 6.07) is 6.10. The number of likely N-dealkylation sites (tertiary alicyclic amines) is 1. The zero-order valence-electron chi connectivity index (χ0n) is 20.0. The number of sulfonamides is 1. The van der Waals surface area contributed by atoms with E-state index in [0.717, 1.165) is 38.8 Å². The Bertz CT molecular complexity index is 915. The fraction of sp³-hybridized carbons (Fsp3) is 0.708. The quantitative estimate of drug-likeness (QED) is 0.623. The van der Waals surface area contributed by atoms with Crippen LogP contribution >= 0.6 is 11.6 Å². The van der Waals surface area contributed by atoms with Gasteiger partial charge in [-0.15, -0.1) is 0 Å². The van der Waals surface area contributed by atoms with E-state index in [0.29, 0.717) is 30.6 Å². The van der Waals surface area contributed by atoms with Crippen molar-refractivity contribution in [1.29, 1.82) is 0 Å². The number of benzene rings is 1. The summed E-state index contributed by atoms with van der Waals surface area (Å²) in [5.41, 5.74) is 3.62. The fourth-order valence-electron chi connectivity index (χ4n) is 5.31. The second-order valence-electron chi connectivity index (χ2n) is 9.74. The first-order valence-corrected chi connectivity index (χ1v) is 14.4. The number of ether oxygens (including phenoxy) is 1. The van der Waals surface area contributed by atoms with Crippen molar-refractivity contribution in [1.82, 2.24) is 19.6 Å². The highest BCUT2D eigenvalue weighted by Gasteiger charge is 2.39. The number of nitrogens with zero attached hydrogens (tertiary/aromatic N) is 3. The van der Waals surface area contributed by atoms with Crippen molar-refractivity contribution in [2.24, 2.45) is 0 Å². The molecule has 0 bridgehead atoms. The molecule has 2 atom stereocenters. The molecule has 1 amide bonds. The summed E-state index contributed by atoms with van der Waals surface area (Å²) < 4.78 is 34.0. The molecule has 3 saturated heterocycles. The Hall–Kier alpha value is -1.39. The van der Waals surface area contributed by atoms with E-state index in [2.05, 4.69) is 10.4 Å². The highest BCUT2D eigenvalue weighted by molar-refractivity contribution is 7.89. The van der Waals surface area contributed by atoms with Gasteiger partial charge >= 0.3 is 6.09 Å². The highest BCUT2D eigenvalue weighted by Crippen LogP contribution is 2.30. The van der Waals surface area contributed by atoms with E-state index >= 15 is 0 Å². The van der Waals surface area contributed by atoms with Gasteiger partial charge in [-0.25, -0.2) is 18.2 Å². The van der Waals surface area contributed by atoms with E-state index in [4.69, 9.17) is 16.3 Å². The monoisotopic (exact) mass is 512 g/mol. The summed E-state index contributed by atoms with van der Waals surface area (Å²) in [4.78, 5) is 14.7. The van der Waals surface area contributed by atoms with E-state index in [-0.39, 0.29) is 29.7 Å². The first-order chi connectivity index (χ1) is 16.3. The molecular formula is C24H37ClN4O4S. The molecule has 0 saturated carbocycles. The standard InChI is InChI=1S/C24H37ClN4O4S/c1-19-6-5-7-22(29(19)34(31,32)23-10-8-20(25)9-11-23)18-33-24(30)27-16-12-21(13-17-27)26-28-14-3-2-4-15-28/h8-11,19,21-22,26H,2-7,12-18H2,1H3/t19-,22-/m1/s1. The normalized spacial score (nSPS) is 25.9. The van der Waals surface area contributed by atoms with Crippen LogP contribution in [-0.4, -0.2) is 79.6 Å². The fourth-order valence-corrected chi connectivity index (χ4v) is 7.30. The van der Waals surface area contributed by atoms with Gasteiger partial charge in [0.05, 0.1) is 10.9 Å². The van der Waals surface area contributed by atoms with Gasteiger partial charge in [-0.1, -0.05) is 24.4 Å². The molecule has 0 aliphatic carbocycles. The number of carbonyl (C=O) groups excluding carboxylic acids is 1.